The number of aryl methyl sites for hydroxylation is 2. The van der Waals surface area contributed by atoms with Crippen LogP contribution in [-0.4, -0.2) is 22.1 Å². The second kappa shape index (κ2) is 7.60. The van der Waals surface area contributed by atoms with Crippen molar-refractivity contribution >= 4 is 15.9 Å². The number of halogens is 1. The van der Waals surface area contributed by atoms with Gasteiger partial charge in [-0.15, -0.1) is 0 Å². The monoisotopic (exact) mass is 335 g/mol. The number of likely N-dealkylation sites (N-methyl/N-ethyl adjacent to an activating group) is 1. The smallest absolute Gasteiger partial charge is 0.108 e. The Kier molecular flexibility index (Phi) is 5.80. The van der Waals surface area contributed by atoms with Crippen LogP contribution in [0.15, 0.2) is 41.1 Å². The first-order valence-corrected chi connectivity index (χ1v) is 7.93. The minimum atomic E-state index is 0.482. The Hall–Kier alpha value is -1.13. The summed E-state index contributed by atoms with van der Waals surface area (Å²) in [7, 11) is 2.05. The van der Waals surface area contributed by atoms with Crippen LogP contribution in [0.3, 0.4) is 0 Å². The molecule has 0 saturated heterocycles. The average Bonchev–Trinajstić information content (AvgIpc) is 2.84. The fourth-order valence-corrected chi connectivity index (χ4v) is 2.88. The highest BCUT2D eigenvalue weighted by Gasteiger charge is 2.11. The van der Waals surface area contributed by atoms with Crippen LogP contribution in [0.1, 0.15) is 24.7 Å². The molecular formula is C16H22BrN3. The van der Waals surface area contributed by atoms with E-state index in [0.717, 1.165) is 31.6 Å². The molecule has 108 valence electrons. The van der Waals surface area contributed by atoms with Crippen molar-refractivity contribution in [2.24, 2.45) is 7.05 Å². The first kappa shape index (κ1) is 15.3. The quantitative estimate of drug-likeness (QED) is 0.840. The number of nitrogens with zero attached hydrogens (tertiary/aromatic N) is 2. The molecular weight excluding hydrogens is 314 g/mol. The molecule has 2 aromatic rings. The summed E-state index contributed by atoms with van der Waals surface area (Å²) >= 11 is 3.63. The van der Waals surface area contributed by atoms with Crippen molar-refractivity contribution in [3.63, 3.8) is 0 Å². The Bertz CT molecular complexity index is 536. The van der Waals surface area contributed by atoms with E-state index in [-0.39, 0.29) is 0 Å². The molecule has 3 nitrogen and oxygen atoms in total. The molecule has 0 aliphatic carbocycles. The molecule has 0 aliphatic rings. The van der Waals surface area contributed by atoms with Gasteiger partial charge in [0.1, 0.15) is 5.82 Å². The van der Waals surface area contributed by atoms with Crippen molar-refractivity contribution < 1.29 is 0 Å². The number of rotatable bonds is 7. The summed E-state index contributed by atoms with van der Waals surface area (Å²) in [6.45, 7) is 3.16. The van der Waals surface area contributed by atoms with Gasteiger partial charge in [0.2, 0.25) is 0 Å². The van der Waals surface area contributed by atoms with E-state index in [1.807, 2.05) is 12.4 Å². The molecule has 1 heterocycles. The van der Waals surface area contributed by atoms with Gasteiger partial charge < -0.3 is 9.88 Å². The maximum atomic E-state index is 4.40. The molecule has 4 heteroatoms. The highest BCUT2D eigenvalue weighted by molar-refractivity contribution is 9.10. The van der Waals surface area contributed by atoms with E-state index in [9.17, 15) is 0 Å². The van der Waals surface area contributed by atoms with Crippen LogP contribution in [0, 0.1) is 0 Å². The van der Waals surface area contributed by atoms with E-state index in [1.54, 1.807) is 0 Å². The van der Waals surface area contributed by atoms with Crippen molar-refractivity contribution in [2.75, 3.05) is 6.54 Å². The maximum Gasteiger partial charge on any atom is 0.108 e. The molecule has 0 bridgehead atoms. The number of aromatic nitrogens is 2. The van der Waals surface area contributed by atoms with Gasteiger partial charge in [0, 0.05) is 36.4 Å². The van der Waals surface area contributed by atoms with Crippen LogP contribution in [-0.2, 0) is 19.9 Å². The van der Waals surface area contributed by atoms with Crippen LogP contribution < -0.4 is 5.32 Å². The SMILES string of the molecule is CCNC(CCc1nccn1C)Cc1ccccc1Br. The lowest BCUT2D eigenvalue weighted by Crippen LogP contribution is -2.31. The van der Waals surface area contributed by atoms with Gasteiger partial charge in [-0.2, -0.15) is 0 Å². The minimum absolute atomic E-state index is 0.482. The second-order valence-corrected chi connectivity index (χ2v) is 5.90. The number of hydrogen-bond donors (Lipinski definition) is 1. The third-order valence-corrected chi connectivity index (χ3v) is 4.33. The molecule has 1 aromatic carbocycles. The zero-order valence-corrected chi connectivity index (χ0v) is 13.7. The summed E-state index contributed by atoms with van der Waals surface area (Å²) < 4.78 is 3.29. The molecule has 1 aromatic heterocycles. The Balaban J connectivity index is 1.97. The zero-order chi connectivity index (χ0) is 14.4. The largest absolute Gasteiger partial charge is 0.338 e. The average molecular weight is 336 g/mol. The number of benzene rings is 1. The topological polar surface area (TPSA) is 29.9 Å². The van der Waals surface area contributed by atoms with E-state index < -0.39 is 0 Å². The van der Waals surface area contributed by atoms with Crippen LogP contribution in [0.4, 0.5) is 0 Å². The van der Waals surface area contributed by atoms with Crippen molar-refractivity contribution in [2.45, 2.75) is 32.2 Å². The summed E-state index contributed by atoms with van der Waals surface area (Å²) in [6, 6.07) is 8.94. The summed E-state index contributed by atoms with van der Waals surface area (Å²) in [5.74, 6) is 1.15. The fourth-order valence-electron chi connectivity index (χ4n) is 2.44. The summed E-state index contributed by atoms with van der Waals surface area (Å²) in [5, 5.41) is 3.58. The summed E-state index contributed by atoms with van der Waals surface area (Å²) in [4.78, 5) is 4.40. The highest BCUT2D eigenvalue weighted by Crippen LogP contribution is 2.18. The summed E-state index contributed by atoms with van der Waals surface area (Å²) in [6.07, 6.45) is 7.02. The predicted octanol–water partition coefficient (Wildman–Crippen LogP) is 3.34. The predicted molar refractivity (Wildman–Crippen MR) is 86.8 cm³/mol. The number of imidazole rings is 1. The van der Waals surface area contributed by atoms with Crippen molar-refractivity contribution in [1.82, 2.24) is 14.9 Å². The van der Waals surface area contributed by atoms with E-state index in [4.69, 9.17) is 0 Å². The Morgan fingerprint density at radius 3 is 2.80 bits per heavy atom. The first-order valence-electron chi connectivity index (χ1n) is 7.13. The van der Waals surface area contributed by atoms with E-state index in [0.29, 0.717) is 6.04 Å². The number of nitrogens with one attached hydrogen (secondary N) is 1. The molecule has 0 fully saturated rings. The van der Waals surface area contributed by atoms with Crippen LogP contribution in [0.5, 0.6) is 0 Å². The number of hydrogen-bond acceptors (Lipinski definition) is 2. The molecule has 2 rings (SSSR count). The fraction of sp³-hybridized carbons (Fsp3) is 0.438. The van der Waals surface area contributed by atoms with E-state index in [1.165, 1.54) is 10.0 Å². The molecule has 1 unspecified atom stereocenters. The van der Waals surface area contributed by atoms with Gasteiger partial charge in [0.15, 0.2) is 0 Å². The lowest BCUT2D eigenvalue weighted by molar-refractivity contribution is 0.482. The minimum Gasteiger partial charge on any atom is -0.338 e. The molecule has 0 saturated carbocycles. The van der Waals surface area contributed by atoms with Crippen molar-refractivity contribution in [3.8, 4) is 0 Å². The van der Waals surface area contributed by atoms with Gasteiger partial charge in [-0.25, -0.2) is 4.98 Å². The lowest BCUT2D eigenvalue weighted by Gasteiger charge is -2.18. The third-order valence-electron chi connectivity index (χ3n) is 3.55. The first-order chi connectivity index (χ1) is 9.70. The lowest BCUT2D eigenvalue weighted by atomic mass is 10.0. The summed E-state index contributed by atoms with van der Waals surface area (Å²) in [5.41, 5.74) is 1.36. The van der Waals surface area contributed by atoms with Gasteiger partial charge in [0.05, 0.1) is 0 Å². The van der Waals surface area contributed by atoms with Gasteiger partial charge in [-0.05, 0) is 31.0 Å². The van der Waals surface area contributed by atoms with Crippen molar-refractivity contribution in [1.29, 1.82) is 0 Å². The molecule has 20 heavy (non-hydrogen) atoms. The normalized spacial score (nSPS) is 12.6. The second-order valence-electron chi connectivity index (χ2n) is 5.04. The van der Waals surface area contributed by atoms with Gasteiger partial charge >= 0.3 is 0 Å². The van der Waals surface area contributed by atoms with Gasteiger partial charge in [0.25, 0.3) is 0 Å². The molecule has 0 amide bonds. The standard InChI is InChI=1S/C16H22BrN3/c1-3-18-14(8-9-16-19-10-11-20(16)2)12-13-6-4-5-7-15(13)17/h4-7,10-11,14,18H,3,8-9,12H2,1-2H3. The van der Waals surface area contributed by atoms with Gasteiger partial charge in [-0.3, -0.25) is 0 Å². The maximum absolute atomic E-state index is 4.40. The van der Waals surface area contributed by atoms with Crippen LogP contribution in [0.2, 0.25) is 0 Å². The highest BCUT2D eigenvalue weighted by atomic mass is 79.9. The Labute approximate surface area is 129 Å². The molecule has 0 aliphatic heterocycles. The van der Waals surface area contributed by atoms with Crippen molar-refractivity contribution in [3.05, 3.63) is 52.5 Å². The zero-order valence-electron chi connectivity index (χ0n) is 12.1. The molecule has 1 atom stereocenters. The molecule has 1 N–H and O–H groups in total. The molecule has 0 radical (unpaired) electrons. The molecule has 0 spiro atoms. The van der Waals surface area contributed by atoms with E-state index in [2.05, 4.69) is 69.0 Å². The van der Waals surface area contributed by atoms with Crippen LogP contribution in [0.25, 0.3) is 0 Å². The Morgan fingerprint density at radius 2 is 2.15 bits per heavy atom. The van der Waals surface area contributed by atoms with Gasteiger partial charge in [-0.1, -0.05) is 41.1 Å². The van der Waals surface area contributed by atoms with Crippen LogP contribution >= 0.6 is 15.9 Å². The van der Waals surface area contributed by atoms with E-state index >= 15 is 0 Å². The Morgan fingerprint density at radius 1 is 1.35 bits per heavy atom. The third kappa shape index (κ3) is 4.18.